The van der Waals surface area contributed by atoms with Gasteiger partial charge in [0, 0.05) is 6.61 Å². The highest BCUT2D eigenvalue weighted by Crippen LogP contribution is 1.98. The molecule has 1 radical (unpaired) electrons. The van der Waals surface area contributed by atoms with Crippen molar-refractivity contribution < 1.29 is 9.13 Å². The molecule has 1 nitrogen and oxygen atoms in total. The Balaban J connectivity index is 2.65. The third-order valence-corrected chi connectivity index (χ3v) is 1.26. The lowest BCUT2D eigenvalue weighted by Gasteiger charge is -1.99. The molecule has 0 aliphatic rings. The molecule has 0 aromatic carbocycles. The number of rotatable bonds is 7. The van der Waals surface area contributed by atoms with E-state index in [9.17, 15) is 4.39 Å². The first-order valence-corrected chi connectivity index (χ1v) is 3.84. The molecule has 0 unspecified atom stereocenters. The monoisotopic (exact) mass is 147 g/mol. The molecule has 0 N–H and O–H groups in total. The van der Waals surface area contributed by atoms with Gasteiger partial charge in [0.2, 0.25) is 0 Å². The average Bonchev–Trinajstić information content (AvgIpc) is 1.97. The van der Waals surface area contributed by atoms with Gasteiger partial charge in [-0.15, -0.1) is 0 Å². The maximum absolute atomic E-state index is 11.4. The fourth-order valence-electron chi connectivity index (χ4n) is 0.714. The van der Waals surface area contributed by atoms with Gasteiger partial charge in [0.1, 0.15) is 6.67 Å². The molecule has 0 saturated carbocycles. The summed E-state index contributed by atoms with van der Waals surface area (Å²) < 4.78 is 16.4. The van der Waals surface area contributed by atoms with Gasteiger partial charge >= 0.3 is 0 Å². The van der Waals surface area contributed by atoms with E-state index in [-0.39, 0.29) is 13.3 Å². The molecule has 0 fully saturated rings. The van der Waals surface area contributed by atoms with E-state index in [1.165, 1.54) is 0 Å². The molecule has 0 bridgehead atoms. The summed E-state index contributed by atoms with van der Waals surface area (Å²) >= 11 is 0. The summed E-state index contributed by atoms with van der Waals surface area (Å²) in [5, 5.41) is 0. The molecule has 0 heterocycles. The zero-order valence-electron chi connectivity index (χ0n) is 6.44. The summed E-state index contributed by atoms with van der Waals surface area (Å²) in [5.41, 5.74) is 0. The van der Waals surface area contributed by atoms with Crippen LogP contribution < -0.4 is 0 Å². The molecule has 0 aliphatic carbocycles. The largest absolute Gasteiger partial charge is 0.379 e. The van der Waals surface area contributed by atoms with Crippen LogP contribution in [0.2, 0.25) is 0 Å². The Morgan fingerprint density at radius 1 is 1.10 bits per heavy atom. The van der Waals surface area contributed by atoms with Crippen molar-refractivity contribution in [1.29, 1.82) is 0 Å². The van der Waals surface area contributed by atoms with Gasteiger partial charge in [-0.3, -0.25) is 0 Å². The smallest absolute Gasteiger partial charge is 0.113 e. The summed E-state index contributed by atoms with van der Waals surface area (Å²) in [5.74, 6) is 0. The minimum absolute atomic E-state index is 0.254. The van der Waals surface area contributed by atoms with E-state index in [2.05, 4.69) is 6.92 Å². The van der Waals surface area contributed by atoms with Gasteiger partial charge in [-0.05, 0) is 6.42 Å². The Labute approximate surface area is 62.6 Å². The number of hydrogen-bond donors (Lipinski definition) is 0. The van der Waals surface area contributed by atoms with Crippen molar-refractivity contribution in [1.82, 2.24) is 0 Å². The Morgan fingerprint density at radius 2 is 1.90 bits per heavy atom. The second kappa shape index (κ2) is 8.89. The maximum Gasteiger partial charge on any atom is 0.113 e. The zero-order valence-corrected chi connectivity index (χ0v) is 6.44. The Hall–Kier alpha value is -0.110. The van der Waals surface area contributed by atoms with E-state index in [1.54, 1.807) is 0 Å². The van der Waals surface area contributed by atoms with Crippen LogP contribution in [0.1, 0.15) is 25.7 Å². The van der Waals surface area contributed by atoms with Crippen molar-refractivity contribution in [2.24, 2.45) is 0 Å². The van der Waals surface area contributed by atoms with Gasteiger partial charge < -0.3 is 4.74 Å². The molecule has 2 heteroatoms. The van der Waals surface area contributed by atoms with Gasteiger partial charge in [0.25, 0.3) is 0 Å². The highest BCUT2D eigenvalue weighted by molar-refractivity contribution is 4.43. The lowest BCUT2D eigenvalue weighted by atomic mass is 10.2. The normalized spacial score (nSPS) is 10.2. The molecule has 0 atom stereocenters. The highest BCUT2D eigenvalue weighted by Gasteiger charge is 1.87. The summed E-state index contributed by atoms with van der Waals surface area (Å²) in [4.78, 5) is 0. The molecule has 61 valence electrons. The Kier molecular flexibility index (Phi) is 8.79. The van der Waals surface area contributed by atoms with Crippen molar-refractivity contribution >= 4 is 0 Å². The van der Waals surface area contributed by atoms with Crippen molar-refractivity contribution in [3.63, 3.8) is 0 Å². The van der Waals surface area contributed by atoms with Crippen LogP contribution in [0.25, 0.3) is 0 Å². The van der Waals surface area contributed by atoms with Crippen LogP contribution in [0.5, 0.6) is 0 Å². The SMILES string of the molecule is [CH2]CCCCCOCCF. The summed E-state index contributed by atoms with van der Waals surface area (Å²) in [6.45, 7) is 4.31. The van der Waals surface area contributed by atoms with Crippen LogP contribution >= 0.6 is 0 Å². The fraction of sp³-hybridized carbons (Fsp3) is 0.875. The van der Waals surface area contributed by atoms with Crippen LogP contribution in [0, 0.1) is 6.92 Å². The minimum Gasteiger partial charge on any atom is -0.379 e. The second-order valence-corrected chi connectivity index (χ2v) is 2.22. The lowest BCUT2D eigenvalue weighted by Crippen LogP contribution is -1.97. The molecule has 0 aromatic heterocycles. The van der Waals surface area contributed by atoms with Crippen LogP contribution in [0.3, 0.4) is 0 Å². The first kappa shape index (κ1) is 9.89. The molecule has 0 aromatic rings. The molecular formula is C8H16FO. The summed E-state index contributed by atoms with van der Waals surface area (Å²) in [6, 6.07) is 0. The topological polar surface area (TPSA) is 9.23 Å². The van der Waals surface area contributed by atoms with E-state index in [0.717, 1.165) is 25.7 Å². The third kappa shape index (κ3) is 7.89. The van der Waals surface area contributed by atoms with Crippen LogP contribution in [-0.4, -0.2) is 19.9 Å². The summed E-state index contributed by atoms with van der Waals surface area (Å²) in [7, 11) is 0. The standard InChI is InChI=1S/C8H16FO/c1-2-3-4-5-7-10-8-6-9/h1-8H2. The average molecular weight is 147 g/mol. The Morgan fingerprint density at radius 3 is 2.50 bits per heavy atom. The first-order valence-electron chi connectivity index (χ1n) is 3.84. The third-order valence-electron chi connectivity index (χ3n) is 1.26. The van der Waals surface area contributed by atoms with Crippen molar-refractivity contribution in [3.8, 4) is 0 Å². The molecule has 10 heavy (non-hydrogen) atoms. The molecule has 0 spiro atoms. The van der Waals surface area contributed by atoms with E-state index in [1.807, 2.05) is 0 Å². The number of hydrogen-bond acceptors (Lipinski definition) is 1. The summed E-state index contributed by atoms with van der Waals surface area (Å²) in [6.07, 6.45) is 4.33. The van der Waals surface area contributed by atoms with Crippen molar-refractivity contribution in [2.75, 3.05) is 19.9 Å². The predicted octanol–water partition coefficient (Wildman–Crippen LogP) is 2.37. The van der Waals surface area contributed by atoms with E-state index >= 15 is 0 Å². The maximum atomic E-state index is 11.4. The molecule has 0 rings (SSSR count). The van der Waals surface area contributed by atoms with E-state index in [4.69, 9.17) is 4.74 Å². The lowest BCUT2D eigenvalue weighted by molar-refractivity contribution is 0.115. The van der Waals surface area contributed by atoms with Gasteiger partial charge in [-0.2, -0.15) is 0 Å². The van der Waals surface area contributed by atoms with E-state index in [0.29, 0.717) is 6.61 Å². The highest BCUT2D eigenvalue weighted by atomic mass is 19.1. The van der Waals surface area contributed by atoms with Gasteiger partial charge in [0.15, 0.2) is 0 Å². The molecule has 0 saturated heterocycles. The minimum atomic E-state index is -0.366. The quantitative estimate of drug-likeness (QED) is 0.502. The van der Waals surface area contributed by atoms with E-state index < -0.39 is 0 Å². The molecule has 0 amide bonds. The van der Waals surface area contributed by atoms with Gasteiger partial charge in [-0.1, -0.05) is 26.2 Å². The second-order valence-electron chi connectivity index (χ2n) is 2.22. The first-order chi connectivity index (χ1) is 4.91. The molecular weight excluding hydrogens is 131 g/mol. The number of unbranched alkanes of at least 4 members (excludes halogenated alkanes) is 3. The fourth-order valence-corrected chi connectivity index (χ4v) is 0.714. The number of ether oxygens (including phenoxy) is 1. The van der Waals surface area contributed by atoms with Crippen LogP contribution in [-0.2, 0) is 4.74 Å². The number of halogens is 1. The van der Waals surface area contributed by atoms with Gasteiger partial charge in [0.05, 0.1) is 6.61 Å². The van der Waals surface area contributed by atoms with Crippen molar-refractivity contribution in [2.45, 2.75) is 25.7 Å². The van der Waals surface area contributed by atoms with Gasteiger partial charge in [-0.25, -0.2) is 4.39 Å². The zero-order chi connectivity index (χ0) is 7.66. The van der Waals surface area contributed by atoms with Crippen molar-refractivity contribution in [3.05, 3.63) is 6.92 Å². The van der Waals surface area contributed by atoms with Crippen LogP contribution in [0.4, 0.5) is 4.39 Å². The predicted molar refractivity (Wildman–Crippen MR) is 40.6 cm³/mol. The number of alkyl halides is 1. The van der Waals surface area contributed by atoms with Crippen LogP contribution in [0.15, 0.2) is 0 Å². The Bertz CT molecular complexity index is 49.2. The molecule has 0 aliphatic heterocycles.